The summed E-state index contributed by atoms with van der Waals surface area (Å²) >= 11 is 0. The molecule has 1 aliphatic carbocycles. The van der Waals surface area contributed by atoms with E-state index in [9.17, 15) is 4.79 Å². The van der Waals surface area contributed by atoms with Gasteiger partial charge in [0.25, 0.3) is 0 Å². The fourth-order valence-corrected chi connectivity index (χ4v) is 3.31. The Morgan fingerprint density at radius 1 is 1.24 bits per heavy atom. The third-order valence-electron chi connectivity index (χ3n) is 4.78. The number of anilines is 1. The molecule has 0 saturated heterocycles. The monoisotopic (exact) mass is 333 g/mol. The van der Waals surface area contributed by atoms with E-state index in [1.807, 2.05) is 37.3 Å². The average molecular weight is 333 g/mol. The number of nitrogens with zero attached hydrogens (tertiary/aromatic N) is 2. The smallest absolute Gasteiger partial charge is 0.228 e. The zero-order valence-electron chi connectivity index (χ0n) is 14.2. The maximum atomic E-state index is 12.7. The number of carbonyl (C=O) groups excluding carboxylic acids is 1. The lowest BCUT2D eigenvalue weighted by atomic mass is 10.1. The van der Waals surface area contributed by atoms with Crippen LogP contribution in [0, 0.1) is 12.8 Å². The van der Waals surface area contributed by atoms with Crippen molar-refractivity contribution in [3.05, 3.63) is 60.0 Å². The first kappa shape index (κ1) is 15.6. The van der Waals surface area contributed by atoms with Gasteiger partial charge in [-0.3, -0.25) is 14.8 Å². The normalized spacial score (nSPS) is 18.8. The largest absolute Gasteiger partial charge is 0.494 e. The molecule has 0 unspecified atom stereocenters. The molecular weight excluding hydrogens is 314 g/mol. The molecule has 1 fully saturated rings. The number of amides is 1. The van der Waals surface area contributed by atoms with Crippen molar-refractivity contribution in [3.8, 4) is 5.75 Å². The van der Waals surface area contributed by atoms with Gasteiger partial charge in [0.15, 0.2) is 0 Å². The number of aromatic nitrogens is 2. The van der Waals surface area contributed by atoms with Gasteiger partial charge in [-0.2, -0.15) is 0 Å². The lowest BCUT2D eigenvalue weighted by molar-refractivity contribution is -0.117. The molecular formula is C20H19N3O2. The van der Waals surface area contributed by atoms with Gasteiger partial charge >= 0.3 is 0 Å². The Kier molecular flexibility index (Phi) is 3.84. The summed E-state index contributed by atoms with van der Waals surface area (Å²) in [6.45, 7) is 1.95. The number of ether oxygens (including phenoxy) is 1. The number of methoxy groups -OCH3 is 1. The summed E-state index contributed by atoms with van der Waals surface area (Å²) in [6, 6.07) is 9.71. The standard InChI is InChI=1S/C20H19N3O2/c1-12-11-22-19-14(4-3-5-17(19)25-2)18(12)23-20(24)16-10-15(16)13-6-8-21-9-7-13/h3-9,11,15-16H,10H2,1-2H3,(H,22,23,24)/t15-,16+/m0/s1. The van der Waals surface area contributed by atoms with Crippen LogP contribution in [0.15, 0.2) is 48.9 Å². The van der Waals surface area contributed by atoms with E-state index in [1.54, 1.807) is 25.7 Å². The van der Waals surface area contributed by atoms with Crippen molar-refractivity contribution in [2.45, 2.75) is 19.3 Å². The Morgan fingerprint density at radius 2 is 2.04 bits per heavy atom. The highest BCUT2D eigenvalue weighted by atomic mass is 16.5. The third-order valence-corrected chi connectivity index (χ3v) is 4.78. The number of carbonyl (C=O) groups is 1. The summed E-state index contributed by atoms with van der Waals surface area (Å²) in [5, 5.41) is 4.01. The van der Waals surface area contributed by atoms with E-state index >= 15 is 0 Å². The third kappa shape index (κ3) is 2.82. The number of hydrogen-bond donors (Lipinski definition) is 1. The van der Waals surface area contributed by atoms with Crippen molar-refractivity contribution >= 4 is 22.5 Å². The molecule has 0 bridgehead atoms. The van der Waals surface area contributed by atoms with Crippen LogP contribution in [0.5, 0.6) is 5.75 Å². The summed E-state index contributed by atoms with van der Waals surface area (Å²) in [7, 11) is 1.62. The summed E-state index contributed by atoms with van der Waals surface area (Å²) in [6.07, 6.45) is 6.19. The SMILES string of the molecule is COc1cccc2c(NC(=O)[C@@H]3C[C@H]3c3ccncc3)c(C)cnc12. The highest BCUT2D eigenvalue weighted by Gasteiger charge is 2.44. The highest BCUT2D eigenvalue weighted by Crippen LogP contribution is 2.48. The van der Waals surface area contributed by atoms with Gasteiger partial charge in [-0.05, 0) is 48.6 Å². The van der Waals surface area contributed by atoms with Crippen LogP contribution < -0.4 is 10.1 Å². The molecule has 126 valence electrons. The fourth-order valence-electron chi connectivity index (χ4n) is 3.31. The van der Waals surface area contributed by atoms with Gasteiger partial charge in [-0.1, -0.05) is 12.1 Å². The van der Waals surface area contributed by atoms with Crippen LogP contribution in [0.4, 0.5) is 5.69 Å². The second-order valence-electron chi connectivity index (χ2n) is 6.39. The van der Waals surface area contributed by atoms with Crippen molar-refractivity contribution < 1.29 is 9.53 Å². The molecule has 2 aromatic heterocycles. The zero-order valence-corrected chi connectivity index (χ0v) is 14.2. The number of nitrogens with one attached hydrogen (secondary N) is 1. The van der Waals surface area contributed by atoms with E-state index in [2.05, 4.69) is 15.3 Å². The molecule has 4 rings (SSSR count). The molecule has 2 heterocycles. The van der Waals surface area contributed by atoms with Crippen LogP contribution in [-0.4, -0.2) is 23.0 Å². The molecule has 1 aromatic carbocycles. The molecule has 1 aliphatic rings. The van der Waals surface area contributed by atoms with Crippen LogP contribution in [0.1, 0.15) is 23.5 Å². The predicted molar refractivity (Wildman–Crippen MR) is 96.7 cm³/mol. The average Bonchev–Trinajstić information content (AvgIpc) is 3.45. The molecule has 1 amide bonds. The van der Waals surface area contributed by atoms with Crippen LogP contribution in [0.3, 0.4) is 0 Å². The minimum Gasteiger partial charge on any atom is -0.494 e. The topological polar surface area (TPSA) is 64.1 Å². The number of pyridine rings is 2. The Bertz CT molecular complexity index is 940. The summed E-state index contributed by atoms with van der Waals surface area (Å²) in [4.78, 5) is 21.2. The van der Waals surface area contributed by atoms with Crippen LogP contribution in [-0.2, 0) is 4.79 Å². The van der Waals surface area contributed by atoms with Gasteiger partial charge < -0.3 is 10.1 Å². The summed E-state index contributed by atoms with van der Waals surface area (Å²) < 4.78 is 5.38. The molecule has 2 atom stereocenters. The van der Waals surface area contributed by atoms with Gasteiger partial charge in [0.2, 0.25) is 5.91 Å². The van der Waals surface area contributed by atoms with E-state index in [-0.39, 0.29) is 17.7 Å². The molecule has 0 radical (unpaired) electrons. The lowest BCUT2D eigenvalue weighted by Gasteiger charge is -2.13. The number of aryl methyl sites for hydroxylation is 1. The molecule has 3 aromatic rings. The molecule has 1 saturated carbocycles. The first-order chi connectivity index (χ1) is 12.2. The first-order valence-electron chi connectivity index (χ1n) is 8.32. The molecule has 0 spiro atoms. The van der Waals surface area contributed by atoms with Gasteiger partial charge in [-0.15, -0.1) is 0 Å². The van der Waals surface area contributed by atoms with Gasteiger partial charge in [0, 0.05) is 29.9 Å². The van der Waals surface area contributed by atoms with Crippen LogP contribution >= 0.6 is 0 Å². The quantitative estimate of drug-likeness (QED) is 0.791. The molecule has 1 N–H and O–H groups in total. The first-order valence-corrected chi connectivity index (χ1v) is 8.32. The maximum Gasteiger partial charge on any atom is 0.228 e. The highest BCUT2D eigenvalue weighted by molar-refractivity contribution is 6.05. The Morgan fingerprint density at radius 3 is 2.80 bits per heavy atom. The molecule has 0 aliphatic heterocycles. The van der Waals surface area contributed by atoms with Crippen LogP contribution in [0.2, 0.25) is 0 Å². The van der Waals surface area contributed by atoms with Crippen molar-refractivity contribution in [2.24, 2.45) is 5.92 Å². The summed E-state index contributed by atoms with van der Waals surface area (Å²) in [5.41, 5.74) is 3.69. The molecule has 5 nitrogen and oxygen atoms in total. The second kappa shape index (κ2) is 6.16. The molecule has 25 heavy (non-hydrogen) atoms. The Balaban J connectivity index is 1.61. The van der Waals surface area contributed by atoms with Gasteiger partial charge in [0.1, 0.15) is 11.3 Å². The van der Waals surface area contributed by atoms with Crippen molar-refractivity contribution in [3.63, 3.8) is 0 Å². The minimum absolute atomic E-state index is 0.00984. The van der Waals surface area contributed by atoms with E-state index in [1.165, 1.54) is 5.56 Å². The Labute approximate surface area is 146 Å². The Hall–Kier alpha value is -2.95. The number of para-hydroxylation sites is 1. The van der Waals surface area contributed by atoms with Gasteiger partial charge in [-0.25, -0.2) is 0 Å². The number of benzene rings is 1. The number of hydrogen-bond acceptors (Lipinski definition) is 4. The van der Waals surface area contributed by atoms with Crippen molar-refractivity contribution in [1.29, 1.82) is 0 Å². The predicted octanol–water partition coefficient (Wildman–Crippen LogP) is 3.69. The minimum atomic E-state index is 0.00984. The molecule has 5 heteroatoms. The van der Waals surface area contributed by atoms with Crippen molar-refractivity contribution in [2.75, 3.05) is 12.4 Å². The van der Waals surface area contributed by atoms with Crippen LogP contribution in [0.25, 0.3) is 10.9 Å². The maximum absolute atomic E-state index is 12.7. The van der Waals surface area contributed by atoms with Crippen molar-refractivity contribution in [1.82, 2.24) is 9.97 Å². The number of rotatable bonds is 4. The summed E-state index contributed by atoms with van der Waals surface area (Å²) in [5.74, 6) is 1.05. The van der Waals surface area contributed by atoms with E-state index in [0.29, 0.717) is 5.75 Å². The second-order valence-corrected chi connectivity index (χ2v) is 6.39. The van der Waals surface area contributed by atoms with E-state index in [0.717, 1.165) is 28.6 Å². The number of fused-ring (bicyclic) bond motifs is 1. The van der Waals surface area contributed by atoms with E-state index < -0.39 is 0 Å². The zero-order chi connectivity index (χ0) is 17.4. The fraction of sp³-hybridized carbons (Fsp3) is 0.250. The van der Waals surface area contributed by atoms with Gasteiger partial charge in [0.05, 0.1) is 12.8 Å². The van der Waals surface area contributed by atoms with E-state index in [4.69, 9.17) is 4.74 Å². The lowest BCUT2D eigenvalue weighted by Crippen LogP contribution is -2.16.